The van der Waals surface area contributed by atoms with Crippen LogP contribution in [0.3, 0.4) is 0 Å². The van der Waals surface area contributed by atoms with Crippen LogP contribution in [0.15, 0.2) is 29.6 Å². The Labute approximate surface area is 149 Å². The molecule has 0 fully saturated rings. The summed E-state index contributed by atoms with van der Waals surface area (Å²) in [6.07, 6.45) is 0. The minimum atomic E-state index is -0.651. The number of nitrogens with one attached hydrogen (secondary N) is 3. The SMILES string of the molecule is CC(C)CNC(=O)C(C)NC(=O)c1csc(Nc2ccc(F)cc2)n1. The average molecular weight is 364 g/mol. The fraction of sp³-hybridized carbons (Fsp3) is 0.353. The van der Waals surface area contributed by atoms with Gasteiger partial charge < -0.3 is 16.0 Å². The van der Waals surface area contributed by atoms with Crippen LogP contribution in [0.5, 0.6) is 0 Å². The van der Waals surface area contributed by atoms with Crippen molar-refractivity contribution in [2.75, 3.05) is 11.9 Å². The topological polar surface area (TPSA) is 83.1 Å². The molecule has 0 aliphatic heterocycles. The van der Waals surface area contributed by atoms with Crippen LogP contribution in [0, 0.1) is 11.7 Å². The molecule has 0 saturated carbocycles. The Morgan fingerprint density at radius 2 is 1.88 bits per heavy atom. The van der Waals surface area contributed by atoms with Crippen LogP contribution in [0.1, 0.15) is 31.3 Å². The van der Waals surface area contributed by atoms with Gasteiger partial charge in [0.25, 0.3) is 5.91 Å². The Morgan fingerprint density at radius 1 is 1.20 bits per heavy atom. The number of aromatic nitrogens is 1. The van der Waals surface area contributed by atoms with E-state index in [4.69, 9.17) is 0 Å². The molecule has 6 nitrogen and oxygen atoms in total. The van der Waals surface area contributed by atoms with E-state index in [1.165, 1.54) is 23.5 Å². The number of hydrogen-bond donors (Lipinski definition) is 3. The second kappa shape index (κ2) is 8.57. The molecule has 1 heterocycles. The molecule has 0 spiro atoms. The molecule has 1 unspecified atom stereocenters. The zero-order valence-electron chi connectivity index (χ0n) is 14.3. The molecule has 3 N–H and O–H groups in total. The van der Waals surface area contributed by atoms with E-state index in [9.17, 15) is 14.0 Å². The van der Waals surface area contributed by atoms with Gasteiger partial charge in [-0.25, -0.2) is 9.37 Å². The van der Waals surface area contributed by atoms with Gasteiger partial charge in [0.2, 0.25) is 5.91 Å². The van der Waals surface area contributed by atoms with Gasteiger partial charge in [0.15, 0.2) is 5.13 Å². The van der Waals surface area contributed by atoms with Crippen LogP contribution >= 0.6 is 11.3 Å². The molecule has 2 rings (SSSR count). The van der Waals surface area contributed by atoms with Gasteiger partial charge in [0.05, 0.1) is 0 Å². The first-order valence-electron chi connectivity index (χ1n) is 7.92. The van der Waals surface area contributed by atoms with E-state index < -0.39 is 11.9 Å². The van der Waals surface area contributed by atoms with E-state index in [1.54, 1.807) is 24.4 Å². The smallest absolute Gasteiger partial charge is 0.271 e. The second-order valence-corrected chi connectivity index (χ2v) is 6.86. The van der Waals surface area contributed by atoms with Crippen LogP contribution in [-0.2, 0) is 4.79 Å². The summed E-state index contributed by atoms with van der Waals surface area (Å²) in [5.74, 6) is -0.641. The highest BCUT2D eigenvalue weighted by atomic mass is 32.1. The zero-order valence-corrected chi connectivity index (χ0v) is 15.1. The number of thiazole rings is 1. The summed E-state index contributed by atoms with van der Waals surface area (Å²) in [5.41, 5.74) is 0.891. The number of carbonyl (C=O) groups excluding carboxylic acids is 2. The monoisotopic (exact) mass is 364 g/mol. The Kier molecular flexibility index (Phi) is 6.46. The molecular formula is C17H21FN4O2S. The molecule has 134 valence electrons. The van der Waals surface area contributed by atoms with Gasteiger partial charge in [-0.1, -0.05) is 13.8 Å². The van der Waals surface area contributed by atoms with Crippen molar-refractivity contribution < 1.29 is 14.0 Å². The van der Waals surface area contributed by atoms with Crippen molar-refractivity contribution in [3.8, 4) is 0 Å². The summed E-state index contributed by atoms with van der Waals surface area (Å²) in [7, 11) is 0. The van der Waals surface area contributed by atoms with Crippen LogP contribution in [0.25, 0.3) is 0 Å². The quantitative estimate of drug-likeness (QED) is 0.705. The summed E-state index contributed by atoms with van der Waals surface area (Å²) >= 11 is 1.25. The molecule has 2 amide bonds. The summed E-state index contributed by atoms with van der Waals surface area (Å²) < 4.78 is 12.9. The highest BCUT2D eigenvalue weighted by Gasteiger charge is 2.18. The number of carbonyl (C=O) groups is 2. The number of nitrogens with zero attached hydrogens (tertiary/aromatic N) is 1. The summed E-state index contributed by atoms with van der Waals surface area (Å²) in [6.45, 7) is 6.17. The maximum Gasteiger partial charge on any atom is 0.271 e. The molecule has 0 aliphatic rings. The number of benzene rings is 1. The van der Waals surface area contributed by atoms with Crippen molar-refractivity contribution in [2.24, 2.45) is 5.92 Å². The second-order valence-electron chi connectivity index (χ2n) is 6.00. The Hall–Kier alpha value is -2.48. The van der Waals surface area contributed by atoms with Crippen molar-refractivity contribution in [3.05, 3.63) is 41.2 Å². The van der Waals surface area contributed by atoms with Crippen LogP contribution in [0.2, 0.25) is 0 Å². The largest absolute Gasteiger partial charge is 0.354 e. The maximum absolute atomic E-state index is 12.9. The summed E-state index contributed by atoms with van der Waals surface area (Å²) in [5, 5.41) is 10.5. The van der Waals surface area contributed by atoms with Crippen molar-refractivity contribution in [3.63, 3.8) is 0 Å². The maximum atomic E-state index is 12.9. The van der Waals surface area contributed by atoms with Crippen molar-refractivity contribution in [2.45, 2.75) is 26.8 Å². The molecule has 25 heavy (non-hydrogen) atoms. The number of hydrogen-bond acceptors (Lipinski definition) is 5. The molecule has 1 aromatic carbocycles. The average Bonchev–Trinajstić information content (AvgIpc) is 3.03. The lowest BCUT2D eigenvalue weighted by Crippen LogP contribution is -2.45. The van der Waals surface area contributed by atoms with Gasteiger partial charge in [-0.05, 0) is 37.1 Å². The minimum Gasteiger partial charge on any atom is -0.354 e. The fourth-order valence-corrected chi connectivity index (χ4v) is 2.60. The van der Waals surface area contributed by atoms with Crippen LogP contribution < -0.4 is 16.0 Å². The standard InChI is InChI=1S/C17H21FN4O2S/c1-10(2)8-19-15(23)11(3)20-16(24)14-9-25-17(22-14)21-13-6-4-12(18)5-7-13/h4-7,9-11H,8H2,1-3H3,(H,19,23)(H,20,24)(H,21,22). The van der Waals surface area contributed by atoms with E-state index in [0.29, 0.717) is 23.3 Å². The summed E-state index contributed by atoms with van der Waals surface area (Å²) in [6, 6.07) is 5.18. The predicted molar refractivity (Wildman–Crippen MR) is 96.6 cm³/mol. The first kappa shape index (κ1) is 18.9. The molecule has 0 saturated heterocycles. The molecule has 0 bridgehead atoms. The molecule has 0 aliphatic carbocycles. The predicted octanol–water partition coefficient (Wildman–Crippen LogP) is 2.92. The van der Waals surface area contributed by atoms with Gasteiger partial charge >= 0.3 is 0 Å². The van der Waals surface area contributed by atoms with E-state index in [1.807, 2.05) is 13.8 Å². The molecule has 8 heteroatoms. The lowest BCUT2D eigenvalue weighted by molar-refractivity contribution is -0.122. The third-order valence-electron chi connectivity index (χ3n) is 3.26. The van der Waals surface area contributed by atoms with Gasteiger partial charge in [0, 0.05) is 17.6 Å². The number of anilines is 2. The highest BCUT2D eigenvalue weighted by molar-refractivity contribution is 7.14. The first-order chi connectivity index (χ1) is 11.8. The molecule has 1 atom stereocenters. The Morgan fingerprint density at radius 3 is 2.52 bits per heavy atom. The third-order valence-corrected chi connectivity index (χ3v) is 4.02. The van der Waals surface area contributed by atoms with E-state index in [0.717, 1.165) is 0 Å². The summed E-state index contributed by atoms with van der Waals surface area (Å²) in [4.78, 5) is 28.3. The van der Waals surface area contributed by atoms with Crippen molar-refractivity contribution >= 4 is 34.0 Å². The van der Waals surface area contributed by atoms with Crippen molar-refractivity contribution in [1.29, 1.82) is 0 Å². The number of amides is 2. The minimum absolute atomic E-state index is 0.220. The lowest BCUT2D eigenvalue weighted by atomic mass is 10.2. The molecule has 2 aromatic rings. The number of halogens is 1. The Bertz CT molecular complexity index is 731. The van der Waals surface area contributed by atoms with Crippen molar-refractivity contribution in [1.82, 2.24) is 15.6 Å². The van der Waals surface area contributed by atoms with Gasteiger partial charge in [0.1, 0.15) is 17.6 Å². The van der Waals surface area contributed by atoms with Gasteiger partial charge in [-0.15, -0.1) is 11.3 Å². The van der Waals surface area contributed by atoms with Gasteiger partial charge in [-0.2, -0.15) is 0 Å². The molecular weight excluding hydrogens is 343 g/mol. The highest BCUT2D eigenvalue weighted by Crippen LogP contribution is 2.21. The lowest BCUT2D eigenvalue weighted by Gasteiger charge is -2.14. The van der Waals surface area contributed by atoms with Gasteiger partial charge in [-0.3, -0.25) is 9.59 Å². The van der Waals surface area contributed by atoms with Crippen LogP contribution in [0.4, 0.5) is 15.2 Å². The first-order valence-corrected chi connectivity index (χ1v) is 8.80. The normalized spacial score (nSPS) is 11.9. The van der Waals surface area contributed by atoms with E-state index in [-0.39, 0.29) is 17.4 Å². The van der Waals surface area contributed by atoms with Crippen LogP contribution in [-0.4, -0.2) is 29.4 Å². The third kappa shape index (κ3) is 5.82. The molecule has 0 radical (unpaired) electrons. The van der Waals surface area contributed by atoms with E-state index in [2.05, 4.69) is 20.9 Å². The molecule has 1 aromatic heterocycles. The number of rotatable bonds is 7. The fourth-order valence-electron chi connectivity index (χ4n) is 1.89. The zero-order chi connectivity index (χ0) is 18.4. The van der Waals surface area contributed by atoms with E-state index >= 15 is 0 Å². The Balaban J connectivity index is 1.91.